The first-order valence-electron chi connectivity index (χ1n) is 11.1. The van der Waals surface area contributed by atoms with Gasteiger partial charge in [0.05, 0.1) is 29.8 Å². The molecule has 0 radical (unpaired) electrons. The van der Waals surface area contributed by atoms with Gasteiger partial charge in [-0.25, -0.2) is 14.8 Å². The van der Waals surface area contributed by atoms with Crippen molar-refractivity contribution < 1.29 is 14.6 Å². The summed E-state index contributed by atoms with van der Waals surface area (Å²) in [5, 5.41) is 18.2. The van der Waals surface area contributed by atoms with Crippen LogP contribution in [-0.2, 0) is 6.42 Å². The van der Waals surface area contributed by atoms with E-state index >= 15 is 0 Å². The average Bonchev–Trinajstić information content (AvgIpc) is 3.37. The van der Waals surface area contributed by atoms with E-state index in [4.69, 9.17) is 14.7 Å². The largest absolute Gasteiger partial charge is 0.493 e. The summed E-state index contributed by atoms with van der Waals surface area (Å²) < 4.78 is 5.96. The van der Waals surface area contributed by atoms with Gasteiger partial charge in [0, 0.05) is 29.4 Å². The molecule has 174 valence electrons. The summed E-state index contributed by atoms with van der Waals surface area (Å²) in [4.78, 5) is 23.5. The highest BCUT2D eigenvalue weighted by molar-refractivity contribution is 7.99. The van der Waals surface area contributed by atoms with E-state index in [1.807, 2.05) is 18.3 Å². The number of rotatable bonds is 7. The lowest BCUT2D eigenvalue weighted by molar-refractivity contribution is 0.0696. The lowest BCUT2D eigenvalue weighted by Gasteiger charge is -2.25. The van der Waals surface area contributed by atoms with Gasteiger partial charge in [-0.3, -0.25) is 5.10 Å². The number of benzene rings is 2. The van der Waals surface area contributed by atoms with E-state index < -0.39 is 5.97 Å². The maximum absolute atomic E-state index is 11.4. The summed E-state index contributed by atoms with van der Waals surface area (Å²) in [6.45, 7) is 1.39. The van der Waals surface area contributed by atoms with E-state index in [0.717, 1.165) is 56.5 Å². The zero-order valence-corrected chi connectivity index (χ0v) is 19.8. The first-order valence-corrected chi connectivity index (χ1v) is 12.0. The van der Waals surface area contributed by atoms with Crippen molar-refractivity contribution in [1.82, 2.24) is 25.1 Å². The van der Waals surface area contributed by atoms with Crippen LogP contribution in [0.2, 0.25) is 0 Å². The molecule has 2 aromatic carbocycles. The van der Waals surface area contributed by atoms with E-state index in [9.17, 15) is 9.90 Å². The molecule has 5 rings (SSSR count). The molecule has 1 atom stereocenters. The molecule has 4 aromatic rings. The highest BCUT2D eigenvalue weighted by atomic mass is 32.2. The van der Waals surface area contributed by atoms with Crippen molar-refractivity contribution in [3.8, 4) is 16.9 Å². The van der Waals surface area contributed by atoms with Gasteiger partial charge in [0.15, 0.2) is 0 Å². The Labute approximate surface area is 201 Å². The summed E-state index contributed by atoms with van der Waals surface area (Å²) >= 11 is 1.72. The summed E-state index contributed by atoms with van der Waals surface area (Å²) in [6, 6.07) is 11.2. The SMILES string of the molecule is CN(C)CCSc1nc(C2COc3ccc(C(=O)O)cc3C2)nc2ccc(-c3cn[nH]c3)cc12. The number of nitrogens with zero attached hydrogens (tertiary/aromatic N) is 4. The Balaban J connectivity index is 1.51. The second kappa shape index (κ2) is 9.44. The Bertz CT molecular complexity index is 1340. The Morgan fingerprint density at radius 1 is 1.21 bits per heavy atom. The average molecular weight is 476 g/mol. The third-order valence-corrected chi connectivity index (χ3v) is 6.84. The molecule has 0 amide bonds. The topological polar surface area (TPSA) is 104 Å². The van der Waals surface area contributed by atoms with Crippen LogP contribution < -0.4 is 4.74 Å². The Hall–Kier alpha value is -3.43. The summed E-state index contributed by atoms with van der Waals surface area (Å²) in [5.74, 6) is 1.36. The van der Waals surface area contributed by atoms with Crippen molar-refractivity contribution in [2.24, 2.45) is 0 Å². The highest BCUT2D eigenvalue weighted by Gasteiger charge is 2.26. The molecule has 0 saturated heterocycles. The van der Waals surface area contributed by atoms with Gasteiger partial charge in [0.2, 0.25) is 0 Å². The van der Waals surface area contributed by atoms with Gasteiger partial charge in [-0.15, -0.1) is 11.8 Å². The molecular weight excluding hydrogens is 450 g/mol. The predicted octanol–water partition coefficient (Wildman–Crippen LogP) is 4.09. The van der Waals surface area contributed by atoms with Crippen LogP contribution >= 0.6 is 11.8 Å². The van der Waals surface area contributed by atoms with Crippen LogP contribution in [-0.4, -0.2) is 69.1 Å². The fraction of sp³-hybridized carbons (Fsp3) is 0.280. The first-order chi connectivity index (χ1) is 16.5. The minimum Gasteiger partial charge on any atom is -0.493 e. The van der Waals surface area contributed by atoms with E-state index in [0.29, 0.717) is 13.0 Å². The Kier molecular flexibility index (Phi) is 6.21. The molecule has 8 nitrogen and oxygen atoms in total. The van der Waals surface area contributed by atoms with Crippen LogP contribution in [0.25, 0.3) is 22.0 Å². The molecule has 9 heteroatoms. The van der Waals surface area contributed by atoms with Gasteiger partial charge in [-0.05, 0) is 62.0 Å². The van der Waals surface area contributed by atoms with Crippen molar-refractivity contribution in [2.75, 3.05) is 33.0 Å². The summed E-state index contributed by atoms with van der Waals surface area (Å²) in [5.41, 5.74) is 4.09. The molecule has 1 unspecified atom stereocenters. The van der Waals surface area contributed by atoms with Crippen molar-refractivity contribution in [3.63, 3.8) is 0 Å². The number of aromatic nitrogens is 4. The van der Waals surface area contributed by atoms with Gasteiger partial charge in [0.1, 0.15) is 16.6 Å². The first kappa shape index (κ1) is 22.4. The normalized spacial score (nSPS) is 15.3. The number of ether oxygens (including phenoxy) is 1. The number of thioether (sulfide) groups is 1. The number of aromatic amines is 1. The molecule has 0 bridgehead atoms. The third kappa shape index (κ3) is 4.62. The number of carbonyl (C=O) groups is 1. The number of hydrogen-bond donors (Lipinski definition) is 2. The van der Waals surface area contributed by atoms with Crippen molar-refractivity contribution in [3.05, 3.63) is 65.7 Å². The van der Waals surface area contributed by atoms with Crippen molar-refractivity contribution in [2.45, 2.75) is 17.4 Å². The molecule has 2 aromatic heterocycles. The molecule has 3 heterocycles. The quantitative estimate of drug-likeness (QED) is 0.304. The summed E-state index contributed by atoms with van der Waals surface area (Å²) in [6.07, 6.45) is 4.31. The van der Waals surface area contributed by atoms with Gasteiger partial charge < -0.3 is 14.7 Å². The van der Waals surface area contributed by atoms with Crippen molar-refractivity contribution in [1.29, 1.82) is 0 Å². The number of nitrogens with one attached hydrogen (secondary N) is 1. The number of carboxylic acids is 1. The van der Waals surface area contributed by atoms with Crippen LogP contribution in [0.4, 0.5) is 0 Å². The van der Waals surface area contributed by atoms with Gasteiger partial charge in [-0.1, -0.05) is 6.07 Å². The smallest absolute Gasteiger partial charge is 0.335 e. The Morgan fingerprint density at radius 3 is 2.85 bits per heavy atom. The molecule has 34 heavy (non-hydrogen) atoms. The maximum atomic E-state index is 11.4. The lowest BCUT2D eigenvalue weighted by Crippen LogP contribution is -2.22. The minimum absolute atomic E-state index is 0.0531. The predicted molar refractivity (Wildman–Crippen MR) is 132 cm³/mol. The lowest BCUT2D eigenvalue weighted by atomic mass is 9.94. The fourth-order valence-corrected chi connectivity index (χ4v) is 5.14. The number of fused-ring (bicyclic) bond motifs is 2. The van der Waals surface area contributed by atoms with E-state index in [-0.39, 0.29) is 11.5 Å². The van der Waals surface area contributed by atoms with Crippen LogP contribution in [0, 0.1) is 0 Å². The van der Waals surface area contributed by atoms with Crippen LogP contribution in [0.3, 0.4) is 0 Å². The fourth-order valence-electron chi connectivity index (χ4n) is 4.02. The molecule has 1 aliphatic rings. The van der Waals surface area contributed by atoms with E-state index in [1.54, 1.807) is 36.2 Å². The molecule has 2 N–H and O–H groups in total. The molecular formula is C25H25N5O3S. The monoisotopic (exact) mass is 475 g/mol. The van der Waals surface area contributed by atoms with Gasteiger partial charge in [-0.2, -0.15) is 5.10 Å². The van der Waals surface area contributed by atoms with Crippen LogP contribution in [0.15, 0.2) is 53.8 Å². The number of H-pyrrole nitrogens is 1. The zero-order valence-electron chi connectivity index (χ0n) is 19.0. The second-order valence-electron chi connectivity index (χ2n) is 8.60. The minimum atomic E-state index is -0.945. The zero-order chi connectivity index (χ0) is 23.7. The van der Waals surface area contributed by atoms with Crippen LogP contribution in [0.1, 0.15) is 27.7 Å². The van der Waals surface area contributed by atoms with Crippen molar-refractivity contribution >= 4 is 28.6 Å². The second-order valence-corrected chi connectivity index (χ2v) is 9.68. The summed E-state index contributed by atoms with van der Waals surface area (Å²) in [7, 11) is 4.12. The standard InChI is InChI=1S/C25H25N5O3S/c1-30(2)7-8-34-24-20-11-15(19-12-26-27-13-19)3-5-21(20)28-23(29-24)18-10-17-9-16(25(31)32)4-6-22(17)33-14-18/h3-6,9,11-13,18H,7-8,10,14H2,1-2H3,(H,26,27)(H,31,32). The molecule has 0 aliphatic carbocycles. The Morgan fingerprint density at radius 2 is 2.09 bits per heavy atom. The van der Waals surface area contributed by atoms with E-state index in [2.05, 4.69) is 35.3 Å². The molecule has 0 fully saturated rings. The molecule has 1 aliphatic heterocycles. The third-order valence-electron chi connectivity index (χ3n) is 5.87. The number of aromatic carboxylic acids is 1. The van der Waals surface area contributed by atoms with Crippen LogP contribution in [0.5, 0.6) is 5.75 Å². The number of carboxylic acid groups (broad SMARTS) is 1. The molecule has 0 spiro atoms. The maximum Gasteiger partial charge on any atom is 0.335 e. The van der Waals surface area contributed by atoms with E-state index in [1.165, 1.54) is 0 Å². The molecule has 0 saturated carbocycles. The van der Waals surface area contributed by atoms with Gasteiger partial charge in [0.25, 0.3) is 0 Å². The number of hydrogen-bond acceptors (Lipinski definition) is 7. The van der Waals surface area contributed by atoms with Gasteiger partial charge >= 0.3 is 5.97 Å². The highest BCUT2D eigenvalue weighted by Crippen LogP contribution is 2.35.